The molecule has 82 valence electrons. The fourth-order valence-electron chi connectivity index (χ4n) is 1.25. The van der Waals surface area contributed by atoms with E-state index in [1.165, 1.54) is 0 Å². The van der Waals surface area contributed by atoms with Gasteiger partial charge in [-0.25, -0.2) is 0 Å². The molecule has 3 nitrogen and oxygen atoms in total. The average Bonchev–Trinajstić information content (AvgIpc) is 2.22. The topological polar surface area (TPSA) is 47.6 Å². The molecule has 0 amide bonds. The summed E-state index contributed by atoms with van der Waals surface area (Å²) in [6.07, 6.45) is 1.61. The van der Waals surface area contributed by atoms with Crippen molar-refractivity contribution in [2.45, 2.75) is 5.92 Å². The van der Waals surface area contributed by atoms with Crippen molar-refractivity contribution in [3.63, 3.8) is 0 Å². The molecule has 0 aliphatic rings. The van der Waals surface area contributed by atoms with E-state index in [9.17, 15) is 0 Å². The van der Waals surface area contributed by atoms with Gasteiger partial charge in [0.15, 0.2) is 0 Å². The van der Waals surface area contributed by atoms with Crippen LogP contribution in [-0.4, -0.2) is 19.9 Å². The molecule has 1 unspecified atom stereocenters. The van der Waals surface area contributed by atoms with E-state index in [-0.39, 0.29) is 5.92 Å². The lowest BCUT2D eigenvalue weighted by Gasteiger charge is -2.11. The Hall–Kier alpha value is -0.770. The summed E-state index contributed by atoms with van der Waals surface area (Å²) in [6, 6.07) is 5.40. The van der Waals surface area contributed by atoms with Crippen LogP contribution in [0, 0.1) is 0 Å². The monoisotopic (exact) mass is 246 g/mol. The summed E-state index contributed by atoms with van der Waals surface area (Å²) < 4.78 is 5.06. The molecule has 0 saturated carbocycles. The van der Waals surface area contributed by atoms with Gasteiger partial charge < -0.3 is 10.6 Å². The SMILES string of the molecule is COCC(/C=N/N)c1ccc(Cl)c(Cl)c1. The van der Waals surface area contributed by atoms with Gasteiger partial charge in [-0.1, -0.05) is 29.3 Å². The number of halogens is 2. The maximum Gasteiger partial charge on any atom is 0.0595 e. The van der Waals surface area contributed by atoms with E-state index in [2.05, 4.69) is 5.10 Å². The van der Waals surface area contributed by atoms with E-state index >= 15 is 0 Å². The highest BCUT2D eigenvalue weighted by atomic mass is 35.5. The van der Waals surface area contributed by atoms with Crippen molar-refractivity contribution in [1.82, 2.24) is 0 Å². The fraction of sp³-hybridized carbons (Fsp3) is 0.300. The van der Waals surface area contributed by atoms with Crippen molar-refractivity contribution < 1.29 is 4.74 Å². The van der Waals surface area contributed by atoms with Crippen LogP contribution in [-0.2, 0) is 4.74 Å². The highest BCUT2D eigenvalue weighted by molar-refractivity contribution is 6.42. The first-order valence-electron chi connectivity index (χ1n) is 4.36. The largest absolute Gasteiger partial charge is 0.384 e. The highest BCUT2D eigenvalue weighted by Crippen LogP contribution is 2.26. The molecule has 0 heterocycles. The lowest BCUT2D eigenvalue weighted by atomic mass is 10.0. The van der Waals surface area contributed by atoms with Crippen molar-refractivity contribution in [2.75, 3.05) is 13.7 Å². The van der Waals surface area contributed by atoms with E-state index in [1.54, 1.807) is 25.5 Å². The quantitative estimate of drug-likeness (QED) is 0.505. The standard InChI is InChI=1S/C10H12Cl2N2O/c1-15-6-8(5-14-13)7-2-3-9(11)10(12)4-7/h2-5,8H,6,13H2,1H3/b14-5+. The average molecular weight is 247 g/mol. The van der Waals surface area contributed by atoms with Crippen LogP contribution in [0.1, 0.15) is 11.5 Å². The molecule has 2 N–H and O–H groups in total. The van der Waals surface area contributed by atoms with Crippen LogP contribution in [0.4, 0.5) is 0 Å². The number of hydrogen-bond donors (Lipinski definition) is 1. The second-order valence-corrected chi connectivity index (χ2v) is 3.85. The number of hydrogen-bond acceptors (Lipinski definition) is 3. The Morgan fingerprint density at radius 2 is 2.20 bits per heavy atom. The van der Waals surface area contributed by atoms with Gasteiger partial charge in [-0.2, -0.15) is 5.10 Å². The van der Waals surface area contributed by atoms with Gasteiger partial charge in [0.2, 0.25) is 0 Å². The van der Waals surface area contributed by atoms with Crippen LogP contribution in [0.15, 0.2) is 23.3 Å². The van der Waals surface area contributed by atoms with E-state index in [0.29, 0.717) is 16.7 Å². The Bertz CT molecular complexity index is 355. The molecule has 0 saturated heterocycles. The third-order valence-corrected chi connectivity index (χ3v) is 2.72. The summed E-state index contributed by atoms with van der Waals surface area (Å²) in [4.78, 5) is 0. The molecular formula is C10H12Cl2N2O. The van der Waals surface area contributed by atoms with Gasteiger partial charge >= 0.3 is 0 Å². The van der Waals surface area contributed by atoms with Crippen LogP contribution < -0.4 is 5.84 Å². The number of ether oxygens (including phenoxy) is 1. The molecule has 1 rings (SSSR count). The molecule has 0 aromatic heterocycles. The molecule has 0 spiro atoms. The summed E-state index contributed by atoms with van der Waals surface area (Å²) in [7, 11) is 1.62. The Kier molecular flexibility index (Phi) is 4.88. The van der Waals surface area contributed by atoms with Gasteiger partial charge in [0.05, 0.1) is 16.7 Å². The highest BCUT2D eigenvalue weighted by Gasteiger charge is 2.10. The lowest BCUT2D eigenvalue weighted by molar-refractivity contribution is 0.196. The molecule has 0 fully saturated rings. The number of methoxy groups -OCH3 is 1. The summed E-state index contributed by atoms with van der Waals surface area (Å²) in [5.41, 5.74) is 0.973. The molecule has 0 radical (unpaired) electrons. The summed E-state index contributed by atoms with van der Waals surface area (Å²) in [5.74, 6) is 5.11. The number of hydrazone groups is 1. The van der Waals surface area contributed by atoms with Gasteiger partial charge in [0.1, 0.15) is 0 Å². The molecular weight excluding hydrogens is 235 g/mol. The van der Waals surface area contributed by atoms with E-state index in [0.717, 1.165) is 5.56 Å². The second kappa shape index (κ2) is 5.95. The molecule has 1 aromatic rings. The zero-order chi connectivity index (χ0) is 11.3. The summed E-state index contributed by atoms with van der Waals surface area (Å²) >= 11 is 11.7. The minimum absolute atomic E-state index is 0.00485. The van der Waals surface area contributed by atoms with Gasteiger partial charge in [0.25, 0.3) is 0 Å². The molecule has 0 aliphatic carbocycles. The smallest absolute Gasteiger partial charge is 0.0595 e. The maximum atomic E-state index is 5.91. The molecule has 0 aliphatic heterocycles. The zero-order valence-corrected chi connectivity index (χ0v) is 9.79. The Labute approximate surface area is 98.8 Å². The van der Waals surface area contributed by atoms with Crippen LogP contribution in [0.3, 0.4) is 0 Å². The predicted molar refractivity (Wildman–Crippen MR) is 63.8 cm³/mol. The van der Waals surface area contributed by atoms with Crippen LogP contribution in [0.2, 0.25) is 10.0 Å². The molecule has 0 bridgehead atoms. The van der Waals surface area contributed by atoms with Crippen molar-refractivity contribution >= 4 is 29.4 Å². The third-order valence-electron chi connectivity index (χ3n) is 1.98. The van der Waals surface area contributed by atoms with Gasteiger partial charge in [-0.15, -0.1) is 0 Å². The minimum Gasteiger partial charge on any atom is -0.384 e. The van der Waals surface area contributed by atoms with E-state index in [4.69, 9.17) is 33.8 Å². The number of nitrogens with two attached hydrogens (primary N) is 1. The zero-order valence-electron chi connectivity index (χ0n) is 8.28. The predicted octanol–water partition coefficient (Wildman–Crippen LogP) is 2.67. The van der Waals surface area contributed by atoms with Crippen molar-refractivity contribution in [1.29, 1.82) is 0 Å². The number of nitrogens with zero attached hydrogens (tertiary/aromatic N) is 1. The lowest BCUT2D eigenvalue weighted by Crippen LogP contribution is -2.08. The van der Waals surface area contributed by atoms with Crippen LogP contribution in [0.25, 0.3) is 0 Å². The molecule has 1 aromatic carbocycles. The maximum absolute atomic E-state index is 5.91. The van der Waals surface area contributed by atoms with Crippen molar-refractivity contribution in [2.24, 2.45) is 10.9 Å². The van der Waals surface area contributed by atoms with Gasteiger partial charge in [-0.3, -0.25) is 0 Å². The minimum atomic E-state index is -0.00485. The fourth-order valence-corrected chi connectivity index (χ4v) is 1.56. The number of rotatable bonds is 4. The first-order chi connectivity index (χ1) is 7.19. The van der Waals surface area contributed by atoms with Crippen molar-refractivity contribution in [3.05, 3.63) is 33.8 Å². The Morgan fingerprint density at radius 1 is 1.47 bits per heavy atom. The summed E-state index contributed by atoms with van der Waals surface area (Å²) in [5, 5.41) is 4.55. The van der Waals surface area contributed by atoms with E-state index in [1.807, 2.05) is 6.07 Å². The molecule has 15 heavy (non-hydrogen) atoms. The second-order valence-electron chi connectivity index (χ2n) is 3.03. The summed E-state index contributed by atoms with van der Waals surface area (Å²) in [6.45, 7) is 0.499. The van der Waals surface area contributed by atoms with Crippen LogP contribution >= 0.6 is 23.2 Å². The van der Waals surface area contributed by atoms with Crippen LogP contribution in [0.5, 0.6) is 0 Å². The molecule has 1 atom stereocenters. The van der Waals surface area contributed by atoms with Gasteiger partial charge in [0, 0.05) is 19.2 Å². The number of benzene rings is 1. The Morgan fingerprint density at radius 3 is 2.73 bits per heavy atom. The molecule has 5 heteroatoms. The Balaban J connectivity index is 2.95. The third kappa shape index (κ3) is 3.38. The van der Waals surface area contributed by atoms with Crippen molar-refractivity contribution in [3.8, 4) is 0 Å². The normalized spacial score (nSPS) is 13.3. The van der Waals surface area contributed by atoms with E-state index < -0.39 is 0 Å². The van der Waals surface area contributed by atoms with Gasteiger partial charge in [-0.05, 0) is 17.7 Å². The first-order valence-corrected chi connectivity index (χ1v) is 5.12. The first kappa shape index (κ1) is 12.3.